The molecule has 0 spiro atoms. The molecule has 9 aromatic rings. The Morgan fingerprint density at radius 2 is 0.922 bits per heavy atom. The zero-order chi connectivity index (χ0) is 34.1. The smallest absolute Gasteiger partial charge is 0.164 e. The van der Waals surface area contributed by atoms with Gasteiger partial charge in [-0.1, -0.05) is 133 Å². The molecule has 0 aliphatic heterocycles. The van der Waals surface area contributed by atoms with Crippen LogP contribution in [0.3, 0.4) is 0 Å². The Bertz CT molecular complexity index is 2730. The predicted octanol–water partition coefficient (Wildman–Crippen LogP) is 11.6. The summed E-state index contributed by atoms with van der Waals surface area (Å²) in [7, 11) is 0. The largest absolute Gasteiger partial charge is 0.455 e. The summed E-state index contributed by atoms with van der Waals surface area (Å²) >= 11 is 0. The van der Waals surface area contributed by atoms with Gasteiger partial charge in [0.2, 0.25) is 0 Å². The van der Waals surface area contributed by atoms with Crippen LogP contribution in [0, 0.1) is 11.3 Å². The molecule has 0 bridgehead atoms. The topological polar surface area (TPSA) is 75.6 Å². The van der Waals surface area contributed by atoms with Crippen LogP contribution in [-0.4, -0.2) is 15.0 Å². The number of nitriles is 1. The van der Waals surface area contributed by atoms with Crippen molar-refractivity contribution < 1.29 is 4.42 Å². The second-order valence-corrected chi connectivity index (χ2v) is 12.4. The number of nitrogens with zero attached hydrogens (tertiary/aromatic N) is 4. The van der Waals surface area contributed by atoms with Crippen molar-refractivity contribution in [3.05, 3.63) is 175 Å². The van der Waals surface area contributed by atoms with Crippen molar-refractivity contribution in [1.82, 2.24) is 15.0 Å². The lowest BCUT2D eigenvalue weighted by Gasteiger charge is -2.10. The Hall–Kier alpha value is -7.16. The first-order valence-electron chi connectivity index (χ1n) is 16.7. The lowest BCUT2D eigenvalue weighted by atomic mass is 9.94. The van der Waals surface area contributed by atoms with Crippen LogP contribution in [-0.2, 0) is 0 Å². The number of fused-ring (bicyclic) bond motifs is 3. The highest BCUT2D eigenvalue weighted by molar-refractivity contribution is 6.16. The number of aromatic nitrogens is 3. The minimum Gasteiger partial charge on any atom is -0.455 e. The molecule has 5 heteroatoms. The van der Waals surface area contributed by atoms with Gasteiger partial charge < -0.3 is 4.42 Å². The van der Waals surface area contributed by atoms with Gasteiger partial charge >= 0.3 is 0 Å². The number of furan rings is 1. The molecular formula is C46H28N4O. The number of benzene rings is 7. The summed E-state index contributed by atoms with van der Waals surface area (Å²) in [5.41, 5.74) is 11.2. The summed E-state index contributed by atoms with van der Waals surface area (Å²) in [6, 6.07) is 59.3. The second-order valence-electron chi connectivity index (χ2n) is 12.4. The first-order chi connectivity index (χ1) is 25.2. The Morgan fingerprint density at radius 1 is 0.412 bits per heavy atom. The average Bonchev–Trinajstić information content (AvgIpc) is 3.60. The van der Waals surface area contributed by atoms with E-state index in [-0.39, 0.29) is 0 Å². The Labute approximate surface area is 294 Å². The van der Waals surface area contributed by atoms with Crippen LogP contribution in [0.4, 0.5) is 0 Å². The molecule has 2 aromatic heterocycles. The molecule has 0 atom stereocenters. The van der Waals surface area contributed by atoms with Gasteiger partial charge in [0, 0.05) is 33.0 Å². The van der Waals surface area contributed by atoms with E-state index in [1.165, 1.54) is 0 Å². The fourth-order valence-electron chi connectivity index (χ4n) is 6.65. The van der Waals surface area contributed by atoms with Crippen LogP contribution in [0.25, 0.3) is 89.5 Å². The highest BCUT2D eigenvalue weighted by Crippen LogP contribution is 2.42. The lowest BCUT2D eigenvalue weighted by molar-refractivity contribution is 0.670. The van der Waals surface area contributed by atoms with E-state index in [9.17, 15) is 5.26 Å². The molecule has 0 radical (unpaired) electrons. The Balaban J connectivity index is 1.22. The third kappa shape index (κ3) is 5.61. The molecule has 0 aliphatic rings. The third-order valence-electron chi connectivity index (χ3n) is 9.18. The van der Waals surface area contributed by atoms with Gasteiger partial charge in [-0.15, -0.1) is 0 Å². The molecule has 7 aromatic carbocycles. The van der Waals surface area contributed by atoms with Gasteiger partial charge in [-0.3, -0.25) is 0 Å². The average molecular weight is 653 g/mol. The van der Waals surface area contributed by atoms with Crippen LogP contribution in [0.5, 0.6) is 0 Å². The Kier molecular flexibility index (Phi) is 7.46. The number of hydrogen-bond donors (Lipinski definition) is 0. The van der Waals surface area contributed by atoms with Crippen molar-refractivity contribution in [2.24, 2.45) is 0 Å². The quantitative estimate of drug-likeness (QED) is 0.179. The first kappa shape index (κ1) is 29.9. The molecule has 9 rings (SSSR count). The summed E-state index contributed by atoms with van der Waals surface area (Å²) in [5, 5.41) is 11.4. The molecule has 0 saturated heterocycles. The number of hydrogen-bond acceptors (Lipinski definition) is 5. The molecule has 0 unspecified atom stereocenters. The van der Waals surface area contributed by atoms with Crippen molar-refractivity contribution in [2.75, 3.05) is 0 Å². The van der Waals surface area contributed by atoms with Crippen molar-refractivity contribution >= 4 is 21.9 Å². The minimum absolute atomic E-state index is 0.552. The lowest BCUT2D eigenvalue weighted by Crippen LogP contribution is -2.00. The van der Waals surface area contributed by atoms with Crippen molar-refractivity contribution in [2.45, 2.75) is 0 Å². The molecule has 0 N–H and O–H groups in total. The SMILES string of the molecule is N#Cc1ccc(-c2cccc(-c3nc(-c4ccccc4)nc(-c4ccc5c(c4)oc4c(-c6ccccc6)ccc(-c6ccccc6)c45)n3)c2)cc1. The van der Waals surface area contributed by atoms with Crippen molar-refractivity contribution in [3.8, 4) is 73.6 Å². The van der Waals surface area contributed by atoms with E-state index in [1.807, 2.05) is 91.0 Å². The van der Waals surface area contributed by atoms with E-state index in [0.29, 0.717) is 23.0 Å². The Morgan fingerprint density at radius 3 is 1.57 bits per heavy atom. The molecule has 5 nitrogen and oxygen atoms in total. The van der Waals surface area contributed by atoms with Gasteiger partial charge in [0.05, 0.1) is 11.6 Å². The molecule has 238 valence electrons. The summed E-state index contributed by atoms with van der Waals surface area (Å²) in [5.74, 6) is 1.70. The summed E-state index contributed by atoms with van der Waals surface area (Å²) in [6.45, 7) is 0. The van der Waals surface area contributed by atoms with Crippen LogP contribution in [0.2, 0.25) is 0 Å². The molecule has 51 heavy (non-hydrogen) atoms. The summed E-state index contributed by atoms with van der Waals surface area (Å²) in [6.07, 6.45) is 0. The molecule has 0 aliphatic carbocycles. The van der Waals surface area contributed by atoms with Crippen LogP contribution >= 0.6 is 0 Å². The van der Waals surface area contributed by atoms with Gasteiger partial charge in [0.25, 0.3) is 0 Å². The van der Waals surface area contributed by atoms with E-state index in [4.69, 9.17) is 19.4 Å². The van der Waals surface area contributed by atoms with E-state index < -0.39 is 0 Å². The van der Waals surface area contributed by atoms with Crippen molar-refractivity contribution in [1.29, 1.82) is 5.26 Å². The van der Waals surface area contributed by atoms with Crippen LogP contribution in [0.15, 0.2) is 174 Å². The van der Waals surface area contributed by atoms with Gasteiger partial charge in [-0.05, 0) is 64.2 Å². The summed E-state index contributed by atoms with van der Waals surface area (Å²) < 4.78 is 6.78. The standard InChI is InChI=1S/C46H28N4O/c47-29-30-19-21-31(22-20-30)35-17-10-18-36(27-35)45-48-44(34-15-8-3-9-16-34)49-46(50-45)37-23-24-40-41(28-37)51-43-39(33-13-6-2-7-14-33)26-25-38(42(40)43)32-11-4-1-5-12-32/h1-28H. The molecule has 2 heterocycles. The van der Waals surface area contributed by atoms with E-state index >= 15 is 0 Å². The maximum Gasteiger partial charge on any atom is 0.164 e. The normalized spacial score (nSPS) is 11.1. The van der Waals surface area contributed by atoms with Gasteiger partial charge in [-0.2, -0.15) is 5.26 Å². The first-order valence-corrected chi connectivity index (χ1v) is 16.7. The van der Waals surface area contributed by atoms with Crippen LogP contribution < -0.4 is 0 Å². The van der Waals surface area contributed by atoms with E-state index in [0.717, 1.165) is 72.0 Å². The van der Waals surface area contributed by atoms with Gasteiger partial charge in [0.15, 0.2) is 17.5 Å². The highest BCUT2D eigenvalue weighted by atomic mass is 16.3. The maximum absolute atomic E-state index is 9.27. The van der Waals surface area contributed by atoms with Gasteiger partial charge in [0.1, 0.15) is 11.2 Å². The summed E-state index contributed by atoms with van der Waals surface area (Å²) in [4.78, 5) is 15.0. The van der Waals surface area contributed by atoms with Crippen LogP contribution in [0.1, 0.15) is 5.56 Å². The molecular weight excluding hydrogens is 625 g/mol. The van der Waals surface area contributed by atoms with Gasteiger partial charge in [-0.25, -0.2) is 15.0 Å². The molecule has 0 fully saturated rings. The fraction of sp³-hybridized carbons (Fsp3) is 0. The fourth-order valence-corrected chi connectivity index (χ4v) is 6.65. The maximum atomic E-state index is 9.27. The minimum atomic E-state index is 0.552. The van der Waals surface area contributed by atoms with Crippen molar-refractivity contribution in [3.63, 3.8) is 0 Å². The van der Waals surface area contributed by atoms with E-state index in [1.54, 1.807) is 0 Å². The monoisotopic (exact) mass is 652 g/mol. The number of rotatable bonds is 6. The molecule has 0 amide bonds. The highest BCUT2D eigenvalue weighted by Gasteiger charge is 2.19. The van der Waals surface area contributed by atoms with E-state index in [2.05, 4.69) is 84.9 Å². The molecule has 0 saturated carbocycles. The predicted molar refractivity (Wildman–Crippen MR) is 204 cm³/mol. The third-order valence-corrected chi connectivity index (χ3v) is 9.18. The second kappa shape index (κ2) is 12.7. The zero-order valence-corrected chi connectivity index (χ0v) is 27.4. The zero-order valence-electron chi connectivity index (χ0n) is 27.4.